The van der Waals surface area contributed by atoms with Crippen molar-refractivity contribution in [2.45, 2.75) is 31.8 Å². The minimum Gasteiger partial charge on any atom is -0.291 e. The van der Waals surface area contributed by atoms with Crippen LogP contribution in [-0.4, -0.2) is 90.9 Å². The Morgan fingerprint density at radius 2 is 1.85 bits per heavy atom. The first-order valence-corrected chi connectivity index (χ1v) is 10.9. The molecule has 6 heteroatoms. The lowest BCUT2D eigenvalue weighted by Gasteiger charge is -2.27. The molecule has 0 radical (unpaired) electrons. The van der Waals surface area contributed by atoms with E-state index < -0.39 is 0 Å². The van der Waals surface area contributed by atoms with Gasteiger partial charge in [-0.3, -0.25) is 24.1 Å². The lowest BCUT2D eigenvalue weighted by molar-refractivity contribution is -0.482. The zero-order valence-electron chi connectivity index (χ0n) is 16.6. The Balaban J connectivity index is 1.42. The van der Waals surface area contributed by atoms with Crippen molar-refractivity contribution in [2.24, 2.45) is 0 Å². The van der Waals surface area contributed by atoms with E-state index in [1.165, 1.54) is 25.8 Å². The van der Waals surface area contributed by atoms with Gasteiger partial charge >= 0.3 is 0 Å². The summed E-state index contributed by atoms with van der Waals surface area (Å²) in [5.41, 5.74) is 0.785. The first-order chi connectivity index (χ1) is 13.1. The van der Waals surface area contributed by atoms with E-state index in [-0.39, 0.29) is 11.9 Å². The van der Waals surface area contributed by atoms with Gasteiger partial charge in [-0.25, -0.2) is 0 Å². The van der Waals surface area contributed by atoms with Gasteiger partial charge < -0.3 is 0 Å². The normalized spacial score (nSPS) is 21.1. The Hall–Kier alpha value is -1.24. The Bertz CT molecular complexity index is 678. The molecule has 148 valence electrons. The smallest absolute Gasteiger partial charge is 0.234 e. The van der Waals surface area contributed by atoms with E-state index in [1.54, 1.807) is 0 Å². The maximum atomic E-state index is 13.1. The van der Waals surface area contributed by atoms with Gasteiger partial charge in [-0.1, -0.05) is 40.5 Å². The van der Waals surface area contributed by atoms with Gasteiger partial charge in [0.25, 0.3) is 0 Å². The van der Waals surface area contributed by atoms with E-state index in [0.717, 1.165) is 49.2 Å². The average Bonchev–Trinajstić information content (AvgIpc) is 3.23. The van der Waals surface area contributed by atoms with Crippen LogP contribution in [0.15, 0.2) is 28.7 Å². The number of rotatable bonds is 9. The summed E-state index contributed by atoms with van der Waals surface area (Å²) < 4.78 is 3.14. The molecule has 0 bridgehead atoms. The Labute approximate surface area is 171 Å². The molecule has 0 amide bonds. The summed E-state index contributed by atoms with van der Waals surface area (Å²) in [6.07, 6.45) is 7.03. The molecular weight excluding hydrogens is 404 g/mol. The molecule has 2 aliphatic heterocycles. The second-order valence-corrected chi connectivity index (χ2v) is 8.63. The number of halogens is 1. The van der Waals surface area contributed by atoms with E-state index in [4.69, 9.17) is 0 Å². The fourth-order valence-electron chi connectivity index (χ4n) is 4.04. The third-order valence-corrected chi connectivity index (χ3v) is 6.31. The molecule has 3 rings (SSSR count). The molecule has 2 aliphatic rings. The van der Waals surface area contributed by atoms with Crippen molar-refractivity contribution in [3.05, 3.63) is 34.3 Å². The molecule has 2 heterocycles. The topological polar surface area (TPSA) is 29.8 Å². The fourth-order valence-corrected chi connectivity index (χ4v) is 4.52. The van der Waals surface area contributed by atoms with Crippen molar-refractivity contribution in [3.63, 3.8) is 0 Å². The van der Waals surface area contributed by atoms with Crippen LogP contribution in [0.3, 0.4) is 0 Å². The van der Waals surface area contributed by atoms with Crippen molar-refractivity contribution in [3.8, 4) is 0 Å². The van der Waals surface area contributed by atoms with Gasteiger partial charge in [-0.15, -0.1) is 0 Å². The largest absolute Gasteiger partial charge is 0.291 e. The number of benzene rings is 1. The van der Waals surface area contributed by atoms with Gasteiger partial charge in [0, 0.05) is 29.7 Å². The predicted molar refractivity (Wildman–Crippen MR) is 114 cm³/mol. The molecule has 1 aromatic rings. The summed E-state index contributed by atoms with van der Waals surface area (Å²) in [6.45, 7) is 6.42. The van der Waals surface area contributed by atoms with Gasteiger partial charge in [-0.05, 0) is 32.4 Å². The monoisotopic (exact) mass is 435 g/mol. The quantitative estimate of drug-likeness (QED) is 0.338. The van der Waals surface area contributed by atoms with Gasteiger partial charge in [-0.2, -0.15) is 0 Å². The lowest BCUT2D eigenvalue weighted by Crippen LogP contribution is -2.44. The number of carbonyl (C=O) groups excluding carboxylic acids is 1. The number of carbonyl (C=O) groups is 1. The van der Waals surface area contributed by atoms with Gasteiger partial charge in [0.05, 0.1) is 13.6 Å². The predicted octanol–water partition coefficient (Wildman–Crippen LogP) is 2.75. The summed E-state index contributed by atoms with van der Waals surface area (Å²) >= 11 is 3.53. The Kier molecular flexibility index (Phi) is 7.44. The molecular formula is C21H32BrN4O+. The van der Waals surface area contributed by atoms with Crippen molar-refractivity contribution >= 4 is 28.1 Å². The van der Waals surface area contributed by atoms with E-state index in [9.17, 15) is 4.79 Å². The van der Waals surface area contributed by atoms with Crippen LogP contribution in [0.5, 0.6) is 0 Å². The highest BCUT2D eigenvalue weighted by Gasteiger charge is 2.35. The van der Waals surface area contributed by atoms with Crippen LogP contribution in [0.25, 0.3) is 0 Å². The molecule has 1 fully saturated rings. The molecule has 0 spiro atoms. The van der Waals surface area contributed by atoms with Crippen molar-refractivity contribution in [1.82, 2.24) is 14.7 Å². The van der Waals surface area contributed by atoms with Gasteiger partial charge in [0.1, 0.15) is 19.3 Å². The van der Waals surface area contributed by atoms with E-state index in [2.05, 4.69) is 55.6 Å². The van der Waals surface area contributed by atoms with Crippen LogP contribution in [0.4, 0.5) is 0 Å². The second kappa shape index (κ2) is 9.80. The molecule has 1 aromatic carbocycles. The van der Waals surface area contributed by atoms with Crippen molar-refractivity contribution in [1.29, 1.82) is 0 Å². The van der Waals surface area contributed by atoms with Crippen LogP contribution in [0.2, 0.25) is 0 Å². The molecule has 5 nitrogen and oxygen atoms in total. The fraction of sp³-hybridized carbons (Fsp3) is 0.619. The SMILES string of the molecule is CN1CCN(CCCCCCN2C=[N+](C)CC2)C1C(=O)c1ccccc1Br. The number of hydrogen-bond acceptors (Lipinski definition) is 4. The minimum absolute atomic E-state index is 0.126. The number of nitrogens with zero attached hydrogens (tertiary/aromatic N) is 4. The number of Topliss-reactive ketones (excluding diaryl/α,β-unsaturated/α-hetero) is 1. The summed E-state index contributed by atoms with van der Waals surface area (Å²) in [6, 6.07) is 7.76. The molecule has 1 saturated heterocycles. The Morgan fingerprint density at radius 3 is 2.56 bits per heavy atom. The van der Waals surface area contributed by atoms with Crippen LogP contribution in [-0.2, 0) is 0 Å². The third kappa shape index (κ3) is 5.39. The van der Waals surface area contributed by atoms with E-state index >= 15 is 0 Å². The maximum absolute atomic E-state index is 13.1. The van der Waals surface area contributed by atoms with Crippen LogP contribution in [0.1, 0.15) is 36.0 Å². The lowest BCUT2D eigenvalue weighted by atomic mass is 10.1. The highest BCUT2D eigenvalue weighted by molar-refractivity contribution is 9.10. The first-order valence-electron chi connectivity index (χ1n) is 10.1. The molecule has 1 atom stereocenters. The molecule has 0 saturated carbocycles. The molecule has 0 aromatic heterocycles. The summed E-state index contributed by atoms with van der Waals surface area (Å²) in [4.78, 5) is 20.0. The summed E-state index contributed by atoms with van der Waals surface area (Å²) in [7, 11) is 4.20. The number of hydrogen-bond donors (Lipinski definition) is 0. The van der Waals surface area contributed by atoms with Crippen molar-refractivity contribution in [2.75, 3.05) is 53.4 Å². The molecule has 27 heavy (non-hydrogen) atoms. The second-order valence-electron chi connectivity index (χ2n) is 7.78. The average molecular weight is 436 g/mol. The minimum atomic E-state index is -0.126. The summed E-state index contributed by atoms with van der Waals surface area (Å²) in [5.74, 6) is 0.205. The van der Waals surface area contributed by atoms with Crippen LogP contribution in [0, 0.1) is 0 Å². The molecule has 1 unspecified atom stereocenters. The highest BCUT2D eigenvalue weighted by Crippen LogP contribution is 2.23. The van der Waals surface area contributed by atoms with E-state index in [1.807, 2.05) is 24.3 Å². The molecule has 0 N–H and O–H groups in total. The first kappa shape index (κ1) is 20.5. The summed E-state index contributed by atoms with van der Waals surface area (Å²) in [5, 5.41) is 0. The van der Waals surface area contributed by atoms with Crippen LogP contribution >= 0.6 is 15.9 Å². The van der Waals surface area contributed by atoms with E-state index in [0.29, 0.717) is 0 Å². The van der Waals surface area contributed by atoms with Gasteiger partial charge in [0.15, 0.2) is 5.78 Å². The molecule has 0 aliphatic carbocycles. The van der Waals surface area contributed by atoms with Crippen LogP contribution < -0.4 is 0 Å². The van der Waals surface area contributed by atoms with Crippen molar-refractivity contribution < 1.29 is 9.37 Å². The number of ketones is 1. The standard InChI is InChI=1S/C21H32BrN4O/c1-23-13-15-25(17-23)11-7-3-4-8-12-26-16-14-24(2)21(26)20(27)18-9-5-6-10-19(18)22/h5-6,9-10,17,21H,3-4,7-8,11-16H2,1-2H3/q+1. The Morgan fingerprint density at radius 1 is 1.11 bits per heavy atom. The third-order valence-electron chi connectivity index (χ3n) is 5.62. The number of likely N-dealkylation sites (N-methyl/N-ethyl adjacent to an activating group) is 2. The highest BCUT2D eigenvalue weighted by atomic mass is 79.9. The number of unbranched alkanes of at least 4 members (excludes halogenated alkanes) is 3. The van der Waals surface area contributed by atoms with Gasteiger partial charge in [0.2, 0.25) is 6.34 Å². The zero-order chi connectivity index (χ0) is 19.2. The maximum Gasteiger partial charge on any atom is 0.234 e. The zero-order valence-corrected chi connectivity index (χ0v) is 18.2.